The molecular formula is C21H25FN2O5. The van der Waals surface area contributed by atoms with E-state index in [-0.39, 0.29) is 11.7 Å². The summed E-state index contributed by atoms with van der Waals surface area (Å²) in [5, 5.41) is 8.93. The number of piperidine rings is 1. The second-order valence-corrected chi connectivity index (χ2v) is 7.97. The number of carboxylic acid groups (broad SMARTS) is 1. The van der Waals surface area contributed by atoms with Crippen LogP contribution in [0.5, 0.6) is 5.75 Å². The Labute approximate surface area is 167 Å². The molecule has 1 N–H and O–H groups in total. The number of hydrogen-bond donors (Lipinski definition) is 1. The number of rotatable bonds is 5. The zero-order valence-electron chi connectivity index (χ0n) is 16.6. The summed E-state index contributed by atoms with van der Waals surface area (Å²) in [5.41, 5.74) is 2.06. The van der Waals surface area contributed by atoms with E-state index in [1.54, 1.807) is 7.11 Å². The minimum absolute atomic E-state index is 0.228. The van der Waals surface area contributed by atoms with Gasteiger partial charge < -0.3 is 19.5 Å². The molecule has 8 heteroatoms. The number of fused-ring (bicyclic) bond motifs is 1. The molecule has 0 bridgehead atoms. The molecule has 0 amide bonds. The third kappa shape index (κ3) is 3.69. The number of halogens is 1. The largest absolute Gasteiger partial charge is 0.511 e. The number of aromatic nitrogens is 1. The fraction of sp³-hybridized carbons (Fsp3) is 0.524. The number of methoxy groups -OCH3 is 1. The number of anilines is 1. The SMILES string of the molecule is COCC1CCN(c2c(F)cn3c(=O)c(OC(=O)O)cc(C4CC4)c3c2C)CC1. The second kappa shape index (κ2) is 7.67. The van der Waals surface area contributed by atoms with Gasteiger partial charge in [0.15, 0.2) is 11.6 Å². The zero-order valence-corrected chi connectivity index (χ0v) is 16.6. The Morgan fingerprint density at radius 2 is 1.97 bits per heavy atom. The highest BCUT2D eigenvalue weighted by Crippen LogP contribution is 2.44. The number of hydrogen-bond acceptors (Lipinski definition) is 5. The summed E-state index contributed by atoms with van der Waals surface area (Å²) in [5.74, 6) is -0.0769. The Kier molecular flexibility index (Phi) is 5.21. The van der Waals surface area contributed by atoms with Gasteiger partial charge in [-0.1, -0.05) is 0 Å². The van der Waals surface area contributed by atoms with Gasteiger partial charge in [-0.15, -0.1) is 0 Å². The molecule has 4 rings (SSSR count). The van der Waals surface area contributed by atoms with Crippen LogP contribution in [-0.4, -0.2) is 42.5 Å². The Hall–Kier alpha value is -2.61. The molecule has 29 heavy (non-hydrogen) atoms. The standard InChI is InChI=1S/C21H25FN2O5/c1-12-18-15(14-3-4-14)9-17(29-21(26)27)20(25)24(18)10-16(22)19(12)23-7-5-13(6-8-23)11-28-2/h9-10,13-14H,3-8,11H2,1-2H3,(H,26,27). The lowest BCUT2D eigenvalue weighted by molar-refractivity contribution is 0.139. The first kappa shape index (κ1) is 19.7. The molecule has 2 fully saturated rings. The van der Waals surface area contributed by atoms with Gasteiger partial charge in [0.25, 0.3) is 5.56 Å². The first-order valence-electron chi connectivity index (χ1n) is 9.93. The topological polar surface area (TPSA) is 80.5 Å². The van der Waals surface area contributed by atoms with Crippen LogP contribution < -0.4 is 15.2 Å². The van der Waals surface area contributed by atoms with Gasteiger partial charge in [-0.3, -0.25) is 9.20 Å². The van der Waals surface area contributed by atoms with Gasteiger partial charge in [-0.25, -0.2) is 9.18 Å². The fourth-order valence-electron chi connectivity index (χ4n) is 4.44. The van der Waals surface area contributed by atoms with Crippen LogP contribution in [0.25, 0.3) is 5.52 Å². The number of pyridine rings is 2. The maximum absolute atomic E-state index is 15.1. The average molecular weight is 404 g/mol. The van der Waals surface area contributed by atoms with E-state index in [1.807, 2.05) is 11.8 Å². The van der Waals surface area contributed by atoms with Crippen LogP contribution in [0.2, 0.25) is 0 Å². The van der Waals surface area contributed by atoms with E-state index in [9.17, 15) is 9.59 Å². The Balaban J connectivity index is 1.81. The van der Waals surface area contributed by atoms with Crippen LogP contribution in [0.3, 0.4) is 0 Å². The Morgan fingerprint density at radius 1 is 1.28 bits per heavy atom. The normalized spacial score (nSPS) is 17.7. The van der Waals surface area contributed by atoms with Gasteiger partial charge in [0.05, 0.1) is 17.4 Å². The molecule has 2 aliphatic rings. The van der Waals surface area contributed by atoms with Crippen molar-refractivity contribution in [1.29, 1.82) is 0 Å². The molecule has 2 aromatic rings. The molecule has 0 atom stereocenters. The van der Waals surface area contributed by atoms with Crippen molar-refractivity contribution in [2.24, 2.45) is 5.92 Å². The van der Waals surface area contributed by atoms with Crippen LogP contribution >= 0.6 is 0 Å². The number of carbonyl (C=O) groups is 1. The molecule has 0 aromatic carbocycles. The molecule has 7 nitrogen and oxygen atoms in total. The van der Waals surface area contributed by atoms with Crippen LogP contribution in [0, 0.1) is 18.7 Å². The predicted molar refractivity (Wildman–Crippen MR) is 106 cm³/mol. The molecule has 2 aromatic heterocycles. The maximum Gasteiger partial charge on any atom is 0.511 e. The molecule has 1 saturated carbocycles. The fourth-order valence-corrected chi connectivity index (χ4v) is 4.44. The Bertz CT molecular complexity index is 1010. The molecule has 3 heterocycles. The summed E-state index contributed by atoms with van der Waals surface area (Å²) in [6, 6.07) is 1.52. The Morgan fingerprint density at radius 3 is 2.55 bits per heavy atom. The third-order valence-electron chi connectivity index (χ3n) is 5.96. The van der Waals surface area contributed by atoms with Gasteiger partial charge in [-0.05, 0) is 61.6 Å². The van der Waals surface area contributed by atoms with E-state index in [0.717, 1.165) is 44.3 Å². The monoisotopic (exact) mass is 404 g/mol. The molecule has 1 aliphatic heterocycles. The van der Waals surface area contributed by atoms with Gasteiger partial charge in [0.2, 0.25) is 0 Å². The van der Waals surface area contributed by atoms with Crippen LogP contribution in [0.1, 0.15) is 42.7 Å². The molecule has 0 spiro atoms. The maximum atomic E-state index is 15.1. The smallest absolute Gasteiger partial charge is 0.449 e. The summed E-state index contributed by atoms with van der Waals surface area (Å²) >= 11 is 0. The molecule has 0 unspecified atom stereocenters. The summed E-state index contributed by atoms with van der Waals surface area (Å²) < 4.78 is 26.3. The van der Waals surface area contributed by atoms with E-state index < -0.39 is 17.5 Å². The summed E-state index contributed by atoms with van der Waals surface area (Å²) in [4.78, 5) is 25.7. The number of nitrogens with zero attached hydrogens (tertiary/aromatic N) is 2. The van der Waals surface area contributed by atoms with Gasteiger partial charge in [0.1, 0.15) is 0 Å². The van der Waals surface area contributed by atoms with Gasteiger partial charge in [-0.2, -0.15) is 0 Å². The summed E-state index contributed by atoms with van der Waals surface area (Å²) in [6.07, 6.45) is 3.36. The van der Waals surface area contributed by atoms with Gasteiger partial charge in [0, 0.05) is 26.8 Å². The van der Waals surface area contributed by atoms with E-state index in [0.29, 0.717) is 29.3 Å². The van der Waals surface area contributed by atoms with Crippen molar-refractivity contribution >= 4 is 17.4 Å². The van der Waals surface area contributed by atoms with Crippen molar-refractivity contribution in [3.8, 4) is 5.75 Å². The van der Waals surface area contributed by atoms with E-state index in [4.69, 9.17) is 9.84 Å². The third-order valence-corrected chi connectivity index (χ3v) is 5.96. The van der Waals surface area contributed by atoms with Crippen molar-refractivity contribution in [2.45, 2.75) is 38.5 Å². The minimum atomic E-state index is -1.56. The van der Waals surface area contributed by atoms with E-state index >= 15 is 4.39 Å². The average Bonchev–Trinajstić information content (AvgIpc) is 3.50. The first-order chi connectivity index (χ1) is 13.9. The second-order valence-electron chi connectivity index (χ2n) is 7.97. The summed E-state index contributed by atoms with van der Waals surface area (Å²) in [6.45, 7) is 4.00. The van der Waals surface area contributed by atoms with Crippen molar-refractivity contribution in [2.75, 3.05) is 31.7 Å². The van der Waals surface area contributed by atoms with Crippen molar-refractivity contribution in [1.82, 2.24) is 4.40 Å². The molecule has 0 radical (unpaired) electrons. The highest BCUT2D eigenvalue weighted by Gasteiger charge is 2.31. The van der Waals surface area contributed by atoms with E-state index in [1.165, 1.54) is 16.7 Å². The van der Waals surface area contributed by atoms with Gasteiger partial charge >= 0.3 is 6.16 Å². The lowest BCUT2D eigenvalue weighted by atomic mass is 9.96. The zero-order chi connectivity index (χ0) is 20.7. The summed E-state index contributed by atoms with van der Waals surface area (Å²) in [7, 11) is 1.69. The van der Waals surface area contributed by atoms with Crippen LogP contribution in [0.15, 0.2) is 17.1 Å². The van der Waals surface area contributed by atoms with Crippen molar-refractivity contribution < 1.29 is 23.8 Å². The number of ether oxygens (including phenoxy) is 2. The lowest BCUT2D eigenvalue weighted by Crippen LogP contribution is -2.36. The highest BCUT2D eigenvalue weighted by atomic mass is 19.1. The lowest BCUT2D eigenvalue weighted by Gasteiger charge is -2.35. The van der Waals surface area contributed by atoms with E-state index in [2.05, 4.69) is 4.74 Å². The molecule has 156 valence electrons. The van der Waals surface area contributed by atoms with Crippen LogP contribution in [-0.2, 0) is 4.74 Å². The predicted octanol–water partition coefficient (Wildman–Crippen LogP) is 3.54. The van der Waals surface area contributed by atoms with Crippen molar-refractivity contribution in [3.05, 3.63) is 39.6 Å². The van der Waals surface area contributed by atoms with Crippen LogP contribution in [0.4, 0.5) is 14.9 Å². The highest BCUT2D eigenvalue weighted by molar-refractivity contribution is 5.74. The number of aryl methyl sites for hydroxylation is 1. The van der Waals surface area contributed by atoms with Crippen molar-refractivity contribution in [3.63, 3.8) is 0 Å². The molecular weight excluding hydrogens is 379 g/mol. The first-order valence-corrected chi connectivity index (χ1v) is 9.93. The minimum Gasteiger partial charge on any atom is -0.449 e. The molecule has 1 saturated heterocycles. The molecule has 1 aliphatic carbocycles. The quantitative estimate of drug-likeness (QED) is 0.768.